The van der Waals surface area contributed by atoms with Crippen molar-refractivity contribution in [3.63, 3.8) is 0 Å². The molecule has 0 unspecified atom stereocenters. The van der Waals surface area contributed by atoms with Crippen molar-refractivity contribution in [1.82, 2.24) is 19.9 Å². The average Bonchev–Trinajstić information content (AvgIpc) is 3.26. The molecule has 0 radical (unpaired) electrons. The highest BCUT2D eigenvalue weighted by molar-refractivity contribution is 7.99. The average molecular weight is 453 g/mol. The molecule has 2 fully saturated rings. The van der Waals surface area contributed by atoms with Gasteiger partial charge in [0.05, 0.1) is 23.1 Å². The first-order chi connectivity index (χ1) is 15.2. The van der Waals surface area contributed by atoms with E-state index in [9.17, 15) is 0 Å². The molecule has 1 saturated heterocycles. The number of benzene rings is 1. The SMILES string of the molecule is Clc1c(Nc2ncccn2)cccc1Sc1cnc(N2CCC3(CCCC3)CC2)cn1. The van der Waals surface area contributed by atoms with E-state index in [-0.39, 0.29) is 0 Å². The van der Waals surface area contributed by atoms with Crippen LogP contribution in [0.4, 0.5) is 17.5 Å². The lowest BCUT2D eigenvalue weighted by Crippen LogP contribution is -2.39. The van der Waals surface area contributed by atoms with E-state index in [0.717, 1.165) is 34.5 Å². The predicted molar refractivity (Wildman–Crippen MR) is 125 cm³/mol. The minimum Gasteiger partial charge on any atom is -0.355 e. The van der Waals surface area contributed by atoms with Gasteiger partial charge < -0.3 is 10.2 Å². The molecule has 0 bridgehead atoms. The van der Waals surface area contributed by atoms with E-state index >= 15 is 0 Å². The maximum Gasteiger partial charge on any atom is 0.227 e. The van der Waals surface area contributed by atoms with Crippen LogP contribution >= 0.6 is 23.4 Å². The fourth-order valence-corrected chi connectivity index (χ4v) is 5.71. The summed E-state index contributed by atoms with van der Waals surface area (Å²) >= 11 is 8.13. The third-order valence-electron chi connectivity index (χ3n) is 6.42. The molecule has 1 N–H and O–H groups in total. The van der Waals surface area contributed by atoms with Crippen molar-refractivity contribution in [3.05, 3.63) is 54.1 Å². The lowest BCUT2D eigenvalue weighted by atomic mass is 9.77. The number of rotatable bonds is 5. The van der Waals surface area contributed by atoms with Gasteiger partial charge in [-0.15, -0.1) is 0 Å². The summed E-state index contributed by atoms with van der Waals surface area (Å²) in [6.07, 6.45) is 15.3. The molecule has 1 spiro atoms. The fourth-order valence-electron chi connectivity index (χ4n) is 4.64. The van der Waals surface area contributed by atoms with Gasteiger partial charge in [0.2, 0.25) is 5.95 Å². The second-order valence-electron chi connectivity index (χ2n) is 8.32. The number of hydrogen-bond acceptors (Lipinski definition) is 7. The lowest BCUT2D eigenvalue weighted by molar-refractivity contribution is 0.226. The second-order valence-corrected chi connectivity index (χ2v) is 9.76. The first kappa shape index (κ1) is 20.5. The van der Waals surface area contributed by atoms with Gasteiger partial charge in [0.15, 0.2) is 0 Å². The molecule has 1 aliphatic carbocycles. The minimum atomic E-state index is 0.511. The zero-order chi connectivity index (χ0) is 21.1. The second kappa shape index (κ2) is 9.01. The van der Waals surface area contributed by atoms with Crippen molar-refractivity contribution in [3.8, 4) is 0 Å². The predicted octanol–water partition coefficient (Wildman–Crippen LogP) is 5.98. The van der Waals surface area contributed by atoms with Gasteiger partial charge >= 0.3 is 0 Å². The van der Waals surface area contributed by atoms with Gasteiger partial charge in [0.1, 0.15) is 10.8 Å². The summed E-state index contributed by atoms with van der Waals surface area (Å²) in [6, 6.07) is 7.61. The van der Waals surface area contributed by atoms with E-state index in [1.807, 2.05) is 30.6 Å². The number of nitrogens with zero attached hydrogens (tertiary/aromatic N) is 5. The Bertz CT molecular complexity index is 1010. The number of piperidine rings is 1. The summed E-state index contributed by atoms with van der Waals surface area (Å²) in [4.78, 5) is 21.0. The highest BCUT2D eigenvalue weighted by Crippen LogP contribution is 2.46. The summed E-state index contributed by atoms with van der Waals surface area (Å²) in [6.45, 7) is 2.17. The smallest absolute Gasteiger partial charge is 0.227 e. The van der Waals surface area contributed by atoms with Crippen molar-refractivity contribution in [2.24, 2.45) is 5.41 Å². The maximum absolute atomic E-state index is 6.63. The van der Waals surface area contributed by atoms with Crippen molar-refractivity contribution < 1.29 is 0 Å². The first-order valence-electron chi connectivity index (χ1n) is 10.8. The zero-order valence-corrected chi connectivity index (χ0v) is 18.9. The molecule has 5 rings (SSSR count). The molecule has 2 aromatic heterocycles. The van der Waals surface area contributed by atoms with Crippen LogP contribution in [0.1, 0.15) is 38.5 Å². The van der Waals surface area contributed by atoms with Crippen LogP contribution in [0.5, 0.6) is 0 Å². The molecule has 1 saturated carbocycles. The van der Waals surface area contributed by atoms with Crippen molar-refractivity contribution in [2.75, 3.05) is 23.3 Å². The number of aromatic nitrogens is 4. The normalized spacial score (nSPS) is 17.8. The van der Waals surface area contributed by atoms with Gasteiger partial charge in [-0.1, -0.05) is 42.3 Å². The summed E-state index contributed by atoms with van der Waals surface area (Å²) in [5, 5.41) is 4.60. The lowest BCUT2D eigenvalue weighted by Gasteiger charge is -2.39. The van der Waals surface area contributed by atoms with Gasteiger partial charge in [0, 0.05) is 30.4 Å². The third-order valence-corrected chi connectivity index (χ3v) is 7.92. The van der Waals surface area contributed by atoms with Crippen LogP contribution in [0, 0.1) is 5.41 Å². The van der Waals surface area contributed by atoms with Crippen molar-refractivity contribution in [1.29, 1.82) is 0 Å². The van der Waals surface area contributed by atoms with Crippen LogP contribution in [0.25, 0.3) is 0 Å². The quantitative estimate of drug-likeness (QED) is 0.511. The van der Waals surface area contributed by atoms with Gasteiger partial charge in [0.25, 0.3) is 0 Å². The maximum atomic E-state index is 6.63. The summed E-state index contributed by atoms with van der Waals surface area (Å²) in [5.74, 6) is 1.48. The topological polar surface area (TPSA) is 66.8 Å². The molecule has 1 aromatic carbocycles. The molecular weight excluding hydrogens is 428 g/mol. The molecule has 1 aliphatic heterocycles. The molecule has 31 heavy (non-hydrogen) atoms. The highest BCUT2D eigenvalue weighted by atomic mass is 35.5. The monoisotopic (exact) mass is 452 g/mol. The molecule has 0 amide bonds. The Morgan fingerprint density at radius 3 is 2.39 bits per heavy atom. The van der Waals surface area contributed by atoms with Gasteiger partial charge in [-0.3, -0.25) is 0 Å². The van der Waals surface area contributed by atoms with E-state index in [1.54, 1.807) is 18.5 Å². The Balaban J connectivity index is 1.24. The van der Waals surface area contributed by atoms with E-state index in [1.165, 1.54) is 50.3 Å². The molecule has 8 heteroatoms. The van der Waals surface area contributed by atoms with Crippen LogP contribution < -0.4 is 10.2 Å². The van der Waals surface area contributed by atoms with Crippen LogP contribution in [0.15, 0.2) is 59.0 Å². The van der Waals surface area contributed by atoms with Crippen LogP contribution in [-0.2, 0) is 0 Å². The van der Waals surface area contributed by atoms with E-state index < -0.39 is 0 Å². The Morgan fingerprint density at radius 1 is 0.903 bits per heavy atom. The standard InChI is InChI=1S/C23H25ClN6S/c24-21-17(29-22-25-11-4-12-26-22)5-3-6-18(21)31-20-16-27-19(15-28-20)30-13-9-23(10-14-30)7-1-2-8-23/h3-6,11-12,15-16H,1-2,7-10,13-14H2,(H,25,26,29). The molecule has 160 valence electrons. The van der Waals surface area contributed by atoms with E-state index in [4.69, 9.17) is 16.6 Å². The zero-order valence-electron chi connectivity index (χ0n) is 17.3. The van der Waals surface area contributed by atoms with E-state index in [0.29, 0.717) is 16.4 Å². The number of halogens is 1. The Hall–Kier alpha value is -2.38. The molecule has 6 nitrogen and oxygen atoms in total. The van der Waals surface area contributed by atoms with Crippen LogP contribution in [0.3, 0.4) is 0 Å². The molecule has 3 aromatic rings. The van der Waals surface area contributed by atoms with Crippen LogP contribution in [0.2, 0.25) is 5.02 Å². The molecule has 0 atom stereocenters. The van der Waals surface area contributed by atoms with Crippen LogP contribution in [-0.4, -0.2) is 33.0 Å². The highest BCUT2D eigenvalue weighted by Gasteiger charge is 2.37. The van der Waals surface area contributed by atoms with E-state index in [2.05, 4.69) is 25.2 Å². The summed E-state index contributed by atoms with van der Waals surface area (Å²) in [5.41, 5.74) is 1.37. The number of hydrogen-bond donors (Lipinski definition) is 1. The summed E-state index contributed by atoms with van der Waals surface area (Å²) in [7, 11) is 0. The summed E-state index contributed by atoms with van der Waals surface area (Å²) < 4.78 is 0. The Morgan fingerprint density at radius 2 is 1.68 bits per heavy atom. The largest absolute Gasteiger partial charge is 0.355 e. The van der Waals surface area contributed by atoms with Gasteiger partial charge in [-0.25, -0.2) is 19.9 Å². The third kappa shape index (κ3) is 4.62. The Labute approximate surface area is 191 Å². The number of nitrogens with one attached hydrogen (secondary N) is 1. The number of anilines is 3. The molecule has 2 aliphatic rings. The fraction of sp³-hybridized carbons (Fsp3) is 0.391. The molecular formula is C23H25ClN6S. The molecule has 3 heterocycles. The Kier molecular flexibility index (Phi) is 5.96. The first-order valence-corrected chi connectivity index (χ1v) is 12.0. The minimum absolute atomic E-state index is 0.511. The van der Waals surface area contributed by atoms with Gasteiger partial charge in [-0.05, 0) is 49.3 Å². The van der Waals surface area contributed by atoms with Crippen molar-refractivity contribution >= 4 is 40.8 Å². The van der Waals surface area contributed by atoms with Crippen molar-refractivity contribution in [2.45, 2.75) is 48.4 Å². The van der Waals surface area contributed by atoms with Gasteiger partial charge in [-0.2, -0.15) is 0 Å².